The van der Waals surface area contributed by atoms with E-state index >= 15 is 0 Å². The first-order chi connectivity index (χ1) is 11.9. The summed E-state index contributed by atoms with van der Waals surface area (Å²) < 4.78 is 27.3. The molecule has 1 atom stereocenters. The lowest BCUT2D eigenvalue weighted by Crippen LogP contribution is -2.43. The van der Waals surface area contributed by atoms with Crippen molar-refractivity contribution in [3.8, 4) is 6.07 Å². The van der Waals surface area contributed by atoms with Gasteiger partial charge in [-0.15, -0.1) is 22.7 Å². The Hall–Kier alpha value is -1.44. The summed E-state index contributed by atoms with van der Waals surface area (Å²) in [7, 11) is -3.64. The number of anilines is 1. The SMILES string of the molecule is N#Cc1ccsc1NC(=O)C1CCCN(S(=O)(=O)c2ccc(Cl)s2)C1. The maximum absolute atomic E-state index is 12.7. The second kappa shape index (κ2) is 7.43. The van der Waals surface area contributed by atoms with Crippen LogP contribution in [0.25, 0.3) is 0 Å². The molecule has 0 bridgehead atoms. The van der Waals surface area contributed by atoms with Crippen LogP contribution < -0.4 is 5.32 Å². The van der Waals surface area contributed by atoms with Crippen molar-refractivity contribution in [2.75, 3.05) is 18.4 Å². The summed E-state index contributed by atoms with van der Waals surface area (Å²) in [5, 5.41) is 14.0. The number of nitrogens with zero attached hydrogens (tertiary/aromatic N) is 2. The molecule has 132 valence electrons. The summed E-state index contributed by atoms with van der Waals surface area (Å²) >= 11 is 8.12. The summed E-state index contributed by atoms with van der Waals surface area (Å²) in [4.78, 5) is 12.5. The third-order valence-corrected chi connectivity index (χ3v) is 8.31. The van der Waals surface area contributed by atoms with E-state index in [0.29, 0.717) is 34.3 Å². The molecule has 1 unspecified atom stereocenters. The van der Waals surface area contributed by atoms with Gasteiger partial charge in [-0.1, -0.05) is 11.6 Å². The number of hydrogen-bond donors (Lipinski definition) is 1. The van der Waals surface area contributed by atoms with E-state index in [1.165, 1.54) is 21.7 Å². The zero-order valence-corrected chi connectivity index (χ0v) is 16.1. The van der Waals surface area contributed by atoms with Gasteiger partial charge < -0.3 is 5.32 Å². The van der Waals surface area contributed by atoms with E-state index in [-0.39, 0.29) is 16.7 Å². The summed E-state index contributed by atoms with van der Waals surface area (Å²) in [5.41, 5.74) is 0.409. The van der Waals surface area contributed by atoms with E-state index in [9.17, 15) is 13.2 Å². The van der Waals surface area contributed by atoms with Gasteiger partial charge in [-0.05, 0) is 36.4 Å². The second-order valence-electron chi connectivity index (χ2n) is 5.53. The van der Waals surface area contributed by atoms with Crippen molar-refractivity contribution in [2.45, 2.75) is 17.1 Å². The molecule has 0 spiro atoms. The molecule has 1 N–H and O–H groups in total. The van der Waals surface area contributed by atoms with Crippen molar-refractivity contribution in [3.05, 3.63) is 33.5 Å². The van der Waals surface area contributed by atoms with Crippen molar-refractivity contribution in [1.82, 2.24) is 4.31 Å². The molecular weight excluding hydrogens is 402 g/mol. The third kappa shape index (κ3) is 3.88. The van der Waals surface area contributed by atoms with Gasteiger partial charge in [0.25, 0.3) is 10.0 Å². The highest BCUT2D eigenvalue weighted by molar-refractivity contribution is 7.91. The molecule has 1 aliphatic heterocycles. The molecule has 2 aromatic rings. The van der Waals surface area contributed by atoms with E-state index < -0.39 is 15.9 Å². The van der Waals surface area contributed by atoms with Crippen LogP contribution in [0.5, 0.6) is 0 Å². The summed E-state index contributed by atoms with van der Waals surface area (Å²) in [5.74, 6) is -0.712. The Morgan fingerprint density at radius 2 is 2.20 bits per heavy atom. The minimum Gasteiger partial charge on any atom is -0.316 e. The zero-order chi connectivity index (χ0) is 18.0. The zero-order valence-electron chi connectivity index (χ0n) is 12.9. The number of nitrogens with one attached hydrogen (secondary N) is 1. The maximum atomic E-state index is 12.7. The molecule has 1 saturated heterocycles. The van der Waals surface area contributed by atoms with E-state index in [0.717, 1.165) is 11.3 Å². The van der Waals surface area contributed by atoms with E-state index in [2.05, 4.69) is 5.32 Å². The topological polar surface area (TPSA) is 90.3 Å². The molecule has 0 aromatic carbocycles. The Morgan fingerprint density at radius 1 is 1.40 bits per heavy atom. The van der Waals surface area contributed by atoms with Gasteiger partial charge in [-0.2, -0.15) is 9.57 Å². The van der Waals surface area contributed by atoms with Crippen molar-refractivity contribution in [3.63, 3.8) is 0 Å². The minimum atomic E-state index is -3.64. The van der Waals surface area contributed by atoms with Crippen LogP contribution in [0, 0.1) is 17.2 Å². The highest BCUT2D eigenvalue weighted by Crippen LogP contribution is 2.31. The Kier molecular flexibility index (Phi) is 5.46. The molecule has 3 heterocycles. The number of nitriles is 1. The molecule has 2 aromatic heterocycles. The van der Waals surface area contributed by atoms with Gasteiger partial charge in [0.15, 0.2) is 0 Å². The van der Waals surface area contributed by atoms with Gasteiger partial charge in [-0.3, -0.25) is 4.79 Å². The first-order valence-electron chi connectivity index (χ1n) is 7.46. The Morgan fingerprint density at radius 3 is 2.88 bits per heavy atom. The van der Waals surface area contributed by atoms with Crippen molar-refractivity contribution < 1.29 is 13.2 Å². The fraction of sp³-hybridized carbons (Fsp3) is 0.333. The molecule has 0 saturated carbocycles. The standard InChI is InChI=1S/C15H14ClN3O3S3/c16-12-3-4-13(24-12)25(21,22)19-6-1-2-11(9-19)14(20)18-15-10(8-17)5-7-23-15/h3-5,7,11H,1-2,6,9H2,(H,18,20). The molecular formula is C15H14ClN3O3S3. The number of halogens is 1. The van der Waals surface area contributed by atoms with Gasteiger partial charge >= 0.3 is 0 Å². The normalized spacial score (nSPS) is 18.6. The van der Waals surface area contributed by atoms with Crippen molar-refractivity contribution in [1.29, 1.82) is 5.26 Å². The molecule has 6 nitrogen and oxygen atoms in total. The fourth-order valence-electron chi connectivity index (χ4n) is 2.65. The predicted octanol–water partition coefficient (Wildman–Crippen LogP) is 3.37. The molecule has 1 aliphatic rings. The molecule has 0 aliphatic carbocycles. The lowest BCUT2D eigenvalue weighted by molar-refractivity contribution is -0.120. The highest BCUT2D eigenvalue weighted by atomic mass is 35.5. The van der Waals surface area contributed by atoms with Crippen LogP contribution in [-0.4, -0.2) is 31.7 Å². The molecule has 1 fully saturated rings. The van der Waals surface area contributed by atoms with Crippen LogP contribution >= 0.6 is 34.3 Å². The van der Waals surface area contributed by atoms with E-state index in [4.69, 9.17) is 16.9 Å². The first-order valence-corrected chi connectivity index (χ1v) is 11.0. The first kappa shape index (κ1) is 18.4. The van der Waals surface area contributed by atoms with E-state index in [1.807, 2.05) is 6.07 Å². The van der Waals surface area contributed by atoms with Crippen LogP contribution in [0.4, 0.5) is 5.00 Å². The largest absolute Gasteiger partial charge is 0.316 e. The van der Waals surface area contributed by atoms with Crippen molar-refractivity contribution >= 4 is 55.2 Å². The van der Waals surface area contributed by atoms with Gasteiger partial charge in [0.05, 0.1) is 15.8 Å². The number of hydrogen-bond acceptors (Lipinski definition) is 6. The number of thiophene rings is 2. The number of piperidine rings is 1. The van der Waals surface area contributed by atoms with Crippen LogP contribution in [0.1, 0.15) is 18.4 Å². The van der Waals surface area contributed by atoms with Gasteiger partial charge in [-0.25, -0.2) is 8.42 Å². The number of rotatable bonds is 4. The highest BCUT2D eigenvalue weighted by Gasteiger charge is 2.34. The molecule has 0 radical (unpaired) electrons. The number of sulfonamides is 1. The predicted molar refractivity (Wildman–Crippen MR) is 98.5 cm³/mol. The second-order valence-corrected chi connectivity index (χ2v) is 10.3. The molecule has 10 heteroatoms. The summed E-state index contributed by atoms with van der Waals surface area (Å²) in [6.45, 7) is 0.501. The van der Waals surface area contributed by atoms with Crippen LogP contribution in [-0.2, 0) is 14.8 Å². The Bertz CT molecular complexity index is 929. The van der Waals surface area contributed by atoms with Crippen LogP contribution in [0.3, 0.4) is 0 Å². The summed E-state index contributed by atoms with van der Waals surface area (Å²) in [6.07, 6.45) is 1.21. The minimum absolute atomic E-state index is 0.122. The summed E-state index contributed by atoms with van der Waals surface area (Å²) in [6, 6.07) is 6.69. The van der Waals surface area contributed by atoms with Gasteiger partial charge in [0.1, 0.15) is 15.3 Å². The van der Waals surface area contributed by atoms with Crippen LogP contribution in [0.2, 0.25) is 4.34 Å². The fourth-order valence-corrected chi connectivity index (χ4v) is 6.55. The Balaban J connectivity index is 1.73. The smallest absolute Gasteiger partial charge is 0.252 e. The molecule has 3 rings (SSSR count). The lowest BCUT2D eigenvalue weighted by Gasteiger charge is -2.30. The molecule has 1 amide bonds. The average molecular weight is 416 g/mol. The maximum Gasteiger partial charge on any atom is 0.252 e. The number of carbonyl (C=O) groups is 1. The quantitative estimate of drug-likeness (QED) is 0.828. The number of amides is 1. The van der Waals surface area contributed by atoms with Gasteiger partial charge in [0.2, 0.25) is 5.91 Å². The Labute approximate surface area is 158 Å². The van der Waals surface area contributed by atoms with Gasteiger partial charge in [0, 0.05) is 13.1 Å². The lowest BCUT2D eigenvalue weighted by atomic mass is 9.99. The average Bonchev–Trinajstić information content (AvgIpc) is 3.24. The third-order valence-electron chi connectivity index (χ3n) is 3.92. The monoisotopic (exact) mass is 415 g/mol. The number of carbonyl (C=O) groups excluding carboxylic acids is 1. The van der Waals surface area contributed by atoms with Crippen LogP contribution in [0.15, 0.2) is 27.8 Å². The van der Waals surface area contributed by atoms with Crippen molar-refractivity contribution in [2.24, 2.45) is 5.92 Å². The molecule has 25 heavy (non-hydrogen) atoms. The van der Waals surface area contributed by atoms with E-state index in [1.54, 1.807) is 17.5 Å².